The lowest BCUT2D eigenvalue weighted by Crippen LogP contribution is -2.66. The van der Waals surface area contributed by atoms with Crippen LogP contribution in [-0.4, -0.2) is 62.1 Å². The summed E-state index contributed by atoms with van der Waals surface area (Å²) in [7, 11) is 3.22. The van der Waals surface area contributed by atoms with Crippen LogP contribution in [0.5, 0.6) is 0 Å². The molecule has 0 aliphatic carbocycles. The van der Waals surface area contributed by atoms with Crippen molar-refractivity contribution in [3.8, 4) is 0 Å². The summed E-state index contributed by atoms with van der Waals surface area (Å²) < 4.78 is 13.6. The number of hydrogen-bond acceptors (Lipinski definition) is 7. The second-order valence-corrected chi connectivity index (χ2v) is 3.93. The Balaban J connectivity index is 3.33. The molecule has 0 atom stereocenters. The second kappa shape index (κ2) is 5.68. The van der Waals surface area contributed by atoms with Crippen LogP contribution in [0.2, 0.25) is 0 Å². The van der Waals surface area contributed by atoms with E-state index in [0.717, 1.165) is 26.2 Å². The molecule has 0 N–H and O–H groups in total. The third-order valence-electron chi connectivity index (χ3n) is 2.97. The number of piperidine rings is 1. The van der Waals surface area contributed by atoms with Crippen molar-refractivity contribution >= 4 is 23.8 Å². The van der Waals surface area contributed by atoms with Crippen LogP contribution in [0.3, 0.4) is 0 Å². The summed E-state index contributed by atoms with van der Waals surface area (Å²) in [5.41, 5.74) is -2.11. The van der Waals surface area contributed by atoms with Gasteiger partial charge in [0.2, 0.25) is 5.54 Å². The predicted octanol–water partition coefficient (Wildman–Crippen LogP) is -0.497. The van der Waals surface area contributed by atoms with E-state index in [9.17, 15) is 19.2 Å². The fraction of sp³-hybridized carbons (Fsp3) is 0.636. The van der Waals surface area contributed by atoms with Gasteiger partial charge in [0.25, 0.3) is 0 Å². The summed E-state index contributed by atoms with van der Waals surface area (Å²) in [6.07, 6.45) is -1.35. The van der Waals surface area contributed by atoms with Gasteiger partial charge in [-0.05, 0) is 0 Å². The summed E-state index contributed by atoms with van der Waals surface area (Å²) in [6, 6.07) is 0. The molecule has 1 aliphatic heterocycles. The van der Waals surface area contributed by atoms with Crippen molar-refractivity contribution in [2.24, 2.45) is 0 Å². The molecule has 0 bridgehead atoms. The Morgan fingerprint density at radius 3 is 2.00 bits per heavy atom. The molecule has 1 amide bonds. The average molecular weight is 273 g/mol. The van der Waals surface area contributed by atoms with E-state index in [1.54, 1.807) is 0 Å². The number of likely N-dealkylation sites (tertiary alicyclic amines) is 1. The van der Waals surface area contributed by atoms with Gasteiger partial charge in [0.15, 0.2) is 0 Å². The van der Waals surface area contributed by atoms with Crippen LogP contribution < -0.4 is 0 Å². The lowest BCUT2D eigenvalue weighted by atomic mass is 9.86. The second-order valence-electron chi connectivity index (χ2n) is 3.93. The molecule has 1 aliphatic rings. The number of carbonyl (C=O) groups is 4. The molecule has 19 heavy (non-hydrogen) atoms. The smallest absolute Gasteiger partial charge is 0.410 e. The van der Waals surface area contributed by atoms with Crippen molar-refractivity contribution in [1.29, 1.82) is 0 Å². The van der Waals surface area contributed by atoms with Crippen molar-refractivity contribution in [2.45, 2.75) is 18.4 Å². The first kappa shape index (κ1) is 14.9. The minimum Gasteiger partial charge on any atom is -0.467 e. The normalized spacial score (nSPS) is 17.6. The first-order chi connectivity index (χ1) is 8.93. The van der Waals surface area contributed by atoms with Crippen LogP contribution in [0.1, 0.15) is 12.8 Å². The maximum absolute atomic E-state index is 11.9. The molecule has 0 aromatic carbocycles. The predicted molar refractivity (Wildman–Crippen MR) is 60.1 cm³/mol. The lowest BCUT2D eigenvalue weighted by molar-refractivity contribution is -0.175. The number of rotatable bonds is 2. The number of ether oxygens (including phenoxy) is 3. The SMILES string of the molecule is COC(=O)N1CCC(=O)CC1(C(=O)OC)C(=O)OC. The summed E-state index contributed by atoms with van der Waals surface area (Å²) in [4.78, 5) is 48.0. The van der Waals surface area contributed by atoms with Gasteiger partial charge < -0.3 is 14.2 Å². The van der Waals surface area contributed by atoms with E-state index in [4.69, 9.17) is 0 Å². The van der Waals surface area contributed by atoms with E-state index < -0.39 is 30.0 Å². The minimum absolute atomic E-state index is 0.0326. The average Bonchev–Trinajstić information content (AvgIpc) is 2.44. The van der Waals surface area contributed by atoms with E-state index in [1.165, 1.54) is 0 Å². The summed E-state index contributed by atoms with van der Waals surface area (Å²) in [6.45, 7) is -0.115. The van der Waals surface area contributed by atoms with Gasteiger partial charge in [0, 0.05) is 13.0 Å². The van der Waals surface area contributed by atoms with Gasteiger partial charge in [-0.15, -0.1) is 0 Å². The van der Waals surface area contributed by atoms with Crippen LogP contribution in [0.25, 0.3) is 0 Å². The minimum atomic E-state index is -2.11. The Morgan fingerprint density at radius 2 is 1.58 bits per heavy atom. The van der Waals surface area contributed by atoms with Gasteiger partial charge in [-0.3, -0.25) is 9.69 Å². The molecule has 0 aromatic rings. The standard InChI is InChI=1S/C11H15NO7/c1-17-8(14)11(9(15)18-2)6-7(13)4-5-12(11)10(16)19-3/h4-6H2,1-3H3. The Kier molecular flexibility index (Phi) is 4.47. The Bertz CT molecular complexity index is 401. The van der Waals surface area contributed by atoms with Crippen molar-refractivity contribution < 1.29 is 33.4 Å². The first-order valence-corrected chi connectivity index (χ1v) is 5.48. The fourth-order valence-electron chi connectivity index (χ4n) is 2.04. The van der Waals surface area contributed by atoms with Gasteiger partial charge >= 0.3 is 18.0 Å². The third kappa shape index (κ3) is 2.38. The molecule has 0 radical (unpaired) electrons. The molecule has 1 heterocycles. The number of carbonyl (C=O) groups excluding carboxylic acids is 4. The molecule has 0 unspecified atom stereocenters. The fourth-order valence-corrected chi connectivity index (χ4v) is 2.04. The highest BCUT2D eigenvalue weighted by atomic mass is 16.6. The van der Waals surface area contributed by atoms with Crippen LogP contribution >= 0.6 is 0 Å². The molecule has 8 nitrogen and oxygen atoms in total. The highest BCUT2D eigenvalue weighted by Gasteiger charge is 2.59. The van der Waals surface area contributed by atoms with Crippen LogP contribution in [0.15, 0.2) is 0 Å². The number of esters is 2. The summed E-state index contributed by atoms with van der Waals surface area (Å²) >= 11 is 0. The number of nitrogens with zero attached hydrogens (tertiary/aromatic N) is 1. The van der Waals surface area contributed by atoms with E-state index >= 15 is 0 Å². The Hall–Kier alpha value is -2.12. The van der Waals surface area contributed by atoms with Gasteiger partial charge in [-0.1, -0.05) is 0 Å². The summed E-state index contributed by atoms with van der Waals surface area (Å²) in [5.74, 6) is -2.40. The van der Waals surface area contributed by atoms with E-state index in [1.807, 2.05) is 0 Å². The zero-order valence-corrected chi connectivity index (χ0v) is 10.9. The van der Waals surface area contributed by atoms with E-state index in [0.29, 0.717) is 0 Å². The number of ketones is 1. The quantitative estimate of drug-likeness (QED) is 0.380. The topological polar surface area (TPSA) is 99.2 Å². The largest absolute Gasteiger partial charge is 0.467 e. The Labute approximate surface area is 109 Å². The molecule has 0 saturated carbocycles. The van der Waals surface area contributed by atoms with E-state index in [2.05, 4.69) is 14.2 Å². The highest BCUT2D eigenvalue weighted by molar-refractivity contribution is 6.11. The lowest BCUT2D eigenvalue weighted by Gasteiger charge is -2.40. The molecule has 106 valence electrons. The number of Topliss-reactive ketones (excluding diaryl/α,β-unsaturated/α-hetero) is 1. The monoisotopic (exact) mass is 273 g/mol. The molecular formula is C11H15NO7. The molecule has 1 rings (SSSR count). The Morgan fingerprint density at radius 1 is 1.05 bits per heavy atom. The van der Waals surface area contributed by atoms with Gasteiger partial charge in [0.1, 0.15) is 5.78 Å². The molecule has 0 aromatic heterocycles. The molecule has 1 fully saturated rings. The van der Waals surface area contributed by atoms with Crippen molar-refractivity contribution in [1.82, 2.24) is 4.90 Å². The van der Waals surface area contributed by atoms with Crippen LogP contribution in [0.4, 0.5) is 4.79 Å². The highest BCUT2D eigenvalue weighted by Crippen LogP contribution is 2.30. The zero-order valence-electron chi connectivity index (χ0n) is 10.9. The number of amides is 1. The maximum atomic E-state index is 11.9. The van der Waals surface area contributed by atoms with Gasteiger partial charge in [0.05, 0.1) is 27.8 Å². The van der Waals surface area contributed by atoms with Gasteiger partial charge in [-0.25, -0.2) is 14.4 Å². The molecule has 8 heteroatoms. The molecular weight excluding hydrogens is 258 g/mol. The summed E-state index contributed by atoms with van der Waals surface area (Å²) in [5, 5.41) is 0. The van der Waals surface area contributed by atoms with Crippen molar-refractivity contribution in [3.05, 3.63) is 0 Å². The maximum Gasteiger partial charge on any atom is 0.410 e. The van der Waals surface area contributed by atoms with Crippen molar-refractivity contribution in [3.63, 3.8) is 0 Å². The van der Waals surface area contributed by atoms with E-state index in [-0.39, 0.29) is 18.7 Å². The number of hydrogen-bond donors (Lipinski definition) is 0. The van der Waals surface area contributed by atoms with Crippen molar-refractivity contribution in [2.75, 3.05) is 27.9 Å². The number of methoxy groups -OCH3 is 3. The van der Waals surface area contributed by atoms with Gasteiger partial charge in [-0.2, -0.15) is 0 Å². The third-order valence-corrected chi connectivity index (χ3v) is 2.97. The van der Waals surface area contributed by atoms with Crippen LogP contribution in [-0.2, 0) is 28.6 Å². The molecule has 0 spiro atoms. The molecule has 1 saturated heterocycles. The zero-order chi connectivity index (χ0) is 14.6. The van der Waals surface area contributed by atoms with Crippen LogP contribution in [0, 0.1) is 0 Å². The first-order valence-electron chi connectivity index (χ1n) is 5.48.